The SMILES string of the molecule is CC(=O)C(=O)Nc1ccc(Cc2ccncc2)cc1. The highest BCUT2D eigenvalue weighted by atomic mass is 16.2. The molecular weight excluding hydrogens is 240 g/mol. The molecule has 0 aliphatic heterocycles. The van der Waals surface area contributed by atoms with Crippen molar-refractivity contribution >= 4 is 17.4 Å². The second kappa shape index (κ2) is 5.91. The van der Waals surface area contributed by atoms with Gasteiger partial charge in [-0.3, -0.25) is 14.6 Å². The van der Waals surface area contributed by atoms with Gasteiger partial charge in [0, 0.05) is 25.0 Å². The number of anilines is 1. The summed E-state index contributed by atoms with van der Waals surface area (Å²) in [6, 6.07) is 11.4. The number of ketones is 1. The molecule has 1 aromatic heterocycles. The average Bonchev–Trinajstić information content (AvgIpc) is 2.42. The number of pyridine rings is 1. The molecule has 0 fully saturated rings. The highest BCUT2D eigenvalue weighted by Crippen LogP contribution is 2.13. The van der Waals surface area contributed by atoms with Crippen molar-refractivity contribution in [2.75, 3.05) is 5.32 Å². The number of Topliss-reactive ketones (excluding diaryl/α,β-unsaturated/α-hetero) is 1. The van der Waals surface area contributed by atoms with Gasteiger partial charge in [0.1, 0.15) is 0 Å². The molecule has 19 heavy (non-hydrogen) atoms. The van der Waals surface area contributed by atoms with E-state index in [0.717, 1.165) is 12.0 Å². The Morgan fingerprint density at radius 2 is 1.58 bits per heavy atom. The van der Waals surface area contributed by atoms with Crippen molar-refractivity contribution in [2.24, 2.45) is 0 Å². The summed E-state index contributed by atoms with van der Waals surface area (Å²) in [4.78, 5) is 26.0. The van der Waals surface area contributed by atoms with E-state index in [1.807, 2.05) is 24.3 Å². The second-order valence-electron chi connectivity index (χ2n) is 4.24. The van der Waals surface area contributed by atoms with Gasteiger partial charge < -0.3 is 5.32 Å². The molecule has 2 aromatic rings. The summed E-state index contributed by atoms with van der Waals surface area (Å²) in [5.41, 5.74) is 2.93. The van der Waals surface area contributed by atoms with Crippen molar-refractivity contribution < 1.29 is 9.59 Å². The van der Waals surface area contributed by atoms with Gasteiger partial charge in [-0.1, -0.05) is 12.1 Å². The number of carbonyl (C=O) groups is 2. The van der Waals surface area contributed by atoms with E-state index in [1.165, 1.54) is 12.5 Å². The van der Waals surface area contributed by atoms with Gasteiger partial charge in [-0.15, -0.1) is 0 Å². The molecule has 1 heterocycles. The minimum absolute atomic E-state index is 0.499. The number of nitrogens with zero attached hydrogens (tertiary/aromatic N) is 1. The predicted molar refractivity (Wildman–Crippen MR) is 72.8 cm³/mol. The molecule has 0 bridgehead atoms. The van der Waals surface area contributed by atoms with Crippen molar-refractivity contribution in [1.29, 1.82) is 0 Å². The third-order valence-electron chi connectivity index (χ3n) is 2.69. The Hall–Kier alpha value is -2.49. The normalized spacial score (nSPS) is 9.95. The molecule has 4 heteroatoms. The lowest BCUT2D eigenvalue weighted by Crippen LogP contribution is -2.19. The van der Waals surface area contributed by atoms with E-state index >= 15 is 0 Å². The van der Waals surface area contributed by atoms with E-state index in [-0.39, 0.29) is 0 Å². The number of rotatable bonds is 4. The van der Waals surface area contributed by atoms with Gasteiger partial charge in [0.25, 0.3) is 5.91 Å². The quantitative estimate of drug-likeness (QED) is 0.851. The monoisotopic (exact) mass is 254 g/mol. The van der Waals surface area contributed by atoms with Crippen LogP contribution >= 0.6 is 0 Å². The molecule has 1 aromatic carbocycles. The number of carbonyl (C=O) groups excluding carboxylic acids is 2. The first-order valence-corrected chi connectivity index (χ1v) is 5.95. The average molecular weight is 254 g/mol. The summed E-state index contributed by atoms with van der Waals surface area (Å²) < 4.78 is 0. The van der Waals surface area contributed by atoms with Crippen molar-refractivity contribution in [3.8, 4) is 0 Å². The van der Waals surface area contributed by atoms with Crippen LogP contribution in [0.2, 0.25) is 0 Å². The minimum Gasteiger partial charge on any atom is -0.319 e. The molecule has 0 saturated heterocycles. The maximum absolute atomic E-state index is 11.2. The van der Waals surface area contributed by atoms with Crippen LogP contribution in [0.3, 0.4) is 0 Å². The molecular formula is C15H14N2O2. The summed E-state index contributed by atoms with van der Waals surface area (Å²) in [5.74, 6) is -1.09. The molecule has 0 atom stereocenters. The number of benzene rings is 1. The van der Waals surface area contributed by atoms with E-state index in [0.29, 0.717) is 5.69 Å². The predicted octanol–water partition coefficient (Wildman–Crippen LogP) is 2.20. The molecule has 0 unspecified atom stereocenters. The van der Waals surface area contributed by atoms with Crippen LogP contribution in [0, 0.1) is 0 Å². The van der Waals surface area contributed by atoms with Gasteiger partial charge in [0.15, 0.2) is 0 Å². The number of nitrogens with one attached hydrogen (secondary N) is 1. The number of hydrogen-bond donors (Lipinski definition) is 1. The first-order valence-electron chi connectivity index (χ1n) is 5.95. The summed E-state index contributed by atoms with van der Waals surface area (Å²) >= 11 is 0. The first kappa shape index (κ1) is 13.0. The highest BCUT2D eigenvalue weighted by Gasteiger charge is 2.07. The lowest BCUT2D eigenvalue weighted by molar-refractivity contribution is -0.133. The van der Waals surface area contributed by atoms with E-state index in [2.05, 4.69) is 10.3 Å². The molecule has 0 saturated carbocycles. The zero-order valence-corrected chi connectivity index (χ0v) is 10.6. The molecule has 0 aliphatic carbocycles. The summed E-state index contributed by atoms with van der Waals surface area (Å²) in [7, 11) is 0. The van der Waals surface area contributed by atoms with Gasteiger partial charge in [-0.2, -0.15) is 0 Å². The Morgan fingerprint density at radius 1 is 1.00 bits per heavy atom. The van der Waals surface area contributed by atoms with Gasteiger partial charge >= 0.3 is 0 Å². The molecule has 96 valence electrons. The van der Waals surface area contributed by atoms with Crippen molar-refractivity contribution in [2.45, 2.75) is 13.3 Å². The van der Waals surface area contributed by atoms with Crippen LogP contribution in [0.25, 0.3) is 0 Å². The van der Waals surface area contributed by atoms with Crippen LogP contribution in [0.15, 0.2) is 48.8 Å². The largest absolute Gasteiger partial charge is 0.319 e. The molecule has 2 rings (SSSR count). The Bertz CT molecular complexity index is 577. The summed E-state index contributed by atoms with van der Waals surface area (Å²) in [6.07, 6.45) is 4.33. The van der Waals surface area contributed by atoms with Gasteiger partial charge in [-0.25, -0.2) is 0 Å². The fraction of sp³-hybridized carbons (Fsp3) is 0.133. The van der Waals surface area contributed by atoms with E-state index in [4.69, 9.17) is 0 Å². The van der Waals surface area contributed by atoms with Gasteiger partial charge in [0.05, 0.1) is 0 Å². The Morgan fingerprint density at radius 3 is 2.16 bits per heavy atom. The summed E-state index contributed by atoms with van der Waals surface area (Å²) in [6.45, 7) is 1.24. The van der Waals surface area contributed by atoms with Crippen LogP contribution in [0.5, 0.6) is 0 Å². The smallest absolute Gasteiger partial charge is 0.291 e. The van der Waals surface area contributed by atoms with Crippen LogP contribution in [-0.4, -0.2) is 16.7 Å². The number of hydrogen-bond acceptors (Lipinski definition) is 3. The fourth-order valence-electron chi connectivity index (χ4n) is 1.66. The third kappa shape index (κ3) is 3.74. The number of amides is 1. The van der Waals surface area contributed by atoms with Crippen LogP contribution in [0.1, 0.15) is 18.1 Å². The second-order valence-corrected chi connectivity index (χ2v) is 4.24. The molecule has 1 N–H and O–H groups in total. The van der Waals surface area contributed by atoms with Crippen molar-refractivity contribution in [3.63, 3.8) is 0 Å². The van der Waals surface area contributed by atoms with Crippen molar-refractivity contribution in [3.05, 3.63) is 59.9 Å². The Kier molecular flexibility index (Phi) is 4.03. The topological polar surface area (TPSA) is 59.1 Å². The first-order chi connectivity index (χ1) is 9.15. The standard InChI is InChI=1S/C15H14N2O2/c1-11(18)15(19)17-14-4-2-12(3-5-14)10-13-6-8-16-9-7-13/h2-9H,10H2,1H3,(H,17,19). The molecule has 0 radical (unpaired) electrons. The number of aromatic nitrogens is 1. The zero-order valence-electron chi connectivity index (χ0n) is 10.6. The lowest BCUT2D eigenvalue weighted by atomic mass is 10.1. The summed E-state index contributed by atoms with van der Waals surface area (Å²) in [5, 5.41) is 2.53. The maximum Gasteiger partial charge on any atom is 0.291 e. The molecule has 0 aliphatic rings. The van der Waals surface area contributed by atoms with E-state index in [1.54, 1.807) is 24.5 Å². The fourth-order valence-corrected chi connectivity index (χ4v) is 1.66. The molecule has 0 spiro atoms. The Labute approximate surface area is 111 Å². The van der Waals surface area contributed by atoms with Crippen LogP contribution in [-0.2, 0) is 16.0 Å². The third-order valence-corrected chi connectivity index (χ3v) is 2.69. The molecule has 1 amide bonds. The highest BCUT2D eigenvalue weighted by molar-refractivity contribution is 6.39. The maximum atomic E-state index is 11.2. The van der Waals surface area contributed by atoms with E-state index < -0.39 is 11.7 Å². The van der Waals surface area contributed by atoms with Gasteiger partial charge in [-0.05, 0) is 41.8 Å². The minimum atomic E-state index is -0.595. The van der Waals surface area contributed by atoms with Crippen LogP contribution < -0.4 is 5.32 Å². The Balaban J connectivity index is 2.03. The van der Waals surface area contributed by atoms with E-state index in [9.17, 15) is 9.59 Å². The van der Waals surface area contributed by atoms with Crippen LogP contribution in [0.4, 0.5) is 5.69 Å². The lowest BCUT2D eigenvalue weighted by Gasteiger charge is -2.05. The zero-order chi connectivity index (χ0) is 13.7. The van der Waals surface area contributed by atoms with Crippen molar-refractivity contribution in [1.82, 2.24) is 4.98 Å². The van der Waals surface area contributed by atoms with Gasteiger partial charge in [0.2, 0.25) is 5.78 Å². The molecule has 4 nitrogen and oxygen atoms in total.